The molecule has 170 valence electrons. The molecular weight excluding hydrogens is 440 g/mol. The summed E-state index contributed by atoms with van der Waals surface area (Å²) in [4.78, 5) is 40.9. The largest absolute Gasteiger partial charge is 0.393 e. The minimum atomic E-state index is -0.426. The van der Waals surface area contributed by atoms with Crippen molar-refractivity contribution < 1.29 is 9.59 Å². The highest BCUT2D eigenvalue weighted by atomic mass is 35.5. The van der Waals surface area contributed by atoms with E-state index in [9.17, 15) is 14.4 Å². The summed E-state index contributed by atoms with van der Waals surface area (Å²) in [5.41, 5.74) is 1.47. The zero-order chi connectivity index (χ0) is 24.1. The summed E-state index contributed by atoms with van der Waals surface area (Å²) in [6, 6.07) is 14.1. The second-order valence-electron chi connectivity index (χ2n) is 7.46. The molecule has 2 amide bonds. The number of carbonyl (C=O) groups excluding carboxylic acids is 2. The molecule has 0 atom stereocenters. The molecule has 0 saturated heterocycles. The van der Waals surface area contributed by atoms with E-state index in [1.165, 1.54) is 17.2 Å². The maximum atomic E-state index is 13.5. The van der Waals surface area contributed by atoms with E-state index >= 15 is 0 Å². The van der Waals surface area contributed by atoms with Gasteiger partial charge < -0.3 is 20.1 Å². The molecule has 0 spiro atoms. The number of aromatic nitrogens is 1. The number of benzene rings is 2. The number of para-hydroxylation sites is 1. The van der Waals surface area contributed by atoms with Crippen molar-refractivity contribution in [2.24, 2.45) is 0 Å². The van der Waals surface area contributed by atoms with Crippen LogP contribution < -0.4 is 16.1 Å². The summed E-state index contributed by atoms with van der Waals surface area (Å²) in [6.07, 6.45) is 2.90. The molecule has 0 bridgehead atoms. The molecule has 1 heterocycles. The second-order valence-corrected chi connectivity index (χ2v) is 7.90. The number of nitrogens with one attached hydrogen (secondary N) is 2. The first-order valence-electron chi connectivity index (χ1n) is 10.2. The van der Waals surface area contributed by atoms with E-state index in [4.69, 9.17) is 11.6 Å². The van der Waals surface area contributed by atoms with Crippen molar-refractivity contribution in [2.45, 2.75) is 6.54 Å². The summed E-state index contributed by atoms with van der Waals surface area (Å²) >= 11 is 6.26. The summed E-state index contributed by atoms with van der Waals surface area (Å²) < 4.78 is 1.71. The molecule has 2 aromatic carbocycles. The average molecular weight is 465 g/mol. The number of hydrogen-bond acceptors (Lipinski definition) is 4. The van der Waals surface area contributed by atoms with Gasteiger partial charge in [-0.05, 0) is 30.3 Å². The number of halogens is 1. The first kappa shape index (κ1) is 23.8. The van der Waals surface area contributed by atoms with E-state index in [2.05, 4.69) is 17.2 Å². The van der Waals surface area contributed by atoms with Crippen LogP contribution in [0.15, 0.2) is 77.8 Å². The lowest BCUT2D eigenvalue weighted by atomic mass is 10.0. The van der Waals surface area contributed by atoms with Gasteiger partial charge in [0, 0.05) is 55.5 Å². The molecule has 0 saturated carbocycles. The molecular formula is C25H25ClN4O3. The maximum Gasteiger partial charge on any atom is 0.270 e. The molecule has 0 radical (unpaired) electrons. The fourth-order valence-electron chi connectivity index (χ4n) is 3.50. The van der Waals surface area contributed by atoms with Gasteiger partial charge in [-0.25, -0.2) is 0 Å². The Morgan fingerprint density at radius 1 is 1.15 bits per heavy atom. The number of fused-ring (bicyclic) bond motifs is 1. The van der Waals surface area contributed by atoms with Gasteiger partial charge >= 0.3 is 0 Å². The Kier molecular flexibility index (Phi) is 7.35. The fraction of sp³-hybridized carbons (Fsp3) is 0.160. The van der Waals surface area contributed by atoms with Gasteiger partial charge in [0.1, 0.15) is 5.69 Å². The van der Waals surface area contributed by atoms with Crippen LogP contribution in [0.1, 0.15) is 16.1 Å². The van der Waals surface area contributed by atoms with E-state index in [1.54, 1.807) is 43.9 Å². The van der Waals surface area contributed by atoms with Crippen molar-refractivity contribution in [1.82, 2.24) is 20.1 Å². The zero-order valence-corrected chi connectivity index (χ0v) is 19.4. The number of pyridine rings is 1. The van der Waals surface area contributed by atoms with Crippen LogP contribution in [0, 0.1) is 0 Å². The molecule has 0 unspecified atom stereocenters. The van der Waals surface area contributed by atoms with Gasteiger partial charge in [-0.15, -0.1) is 0 Å². The quantitative estimate of drug-likeness (QED) is 0.415. The molecule has 1 aromatic heterocycles. The Morgan fingerprint density at radius 2 is 1.85 bits per heavy atom. The van der Waals surface area contributed by atoms with E-state index in [-0.39, 0.29) is 29.1 Å². The summed E-state index contributed by atoms with van der Waals surface area (Å²) in [6.45, 7) is 3.49. The van der Waals surface area contributed by atoms with Crippen LogP contribution in [0.4, 0.5) is 0 Å². The van der Waals surface area contributed by atoms with Crippen LogP contribution in [-0.4, -0.2) is 42.4 Å². The van der Waals surface area contributed by atoms with Crippen LogP contribution in [0.2, 0.25) is 5.02 Å². The second kappa shape index (κ2) is 10.2. The van der Waals surface area contributed by atoms with Crippen LogP contribution >= 0.6 is 11.6 Å². The molecule has 0 aliphatic carbocycles. The van der Waals surface area contributed by atoms with Gasteiger partial charge in [0.25, 0.3) is 11.8 Å². The first-order valence-corrected chi connectivity index (χ1v) is 10.6. The molecule has 0 aliphatic heterocycles. The molecule has 3 rings (SSSR count). The van der Waals surface area contributed by atoms with Crippen LogP contribution in [0.3, 0.4) is 0 Å². The highest BCUT2D eigenvalue weighted by molar-refractivity contribution is 6.31. The van der Waals surface area contributed by atoms with Gasteiger partial charge in [0.05, 0.1) is 11.1 Å². The Bertz CT molecular complexity index is 1310. The Morgan fingerprint density at radius 3 is 2.45 bits per heavy atom. The molecule has 7 nitrogen and oxygen atoms in total. The zero-order valence-electron chi connectivity index (χ0n) is 18.7. The maximum absolute atomic E-state index is 13.5. The number of amides is 2. The van der Waals surface area contributed by atoms with Crippen LogP contribution in [0.25, 0.3) is 16.6 Å². The van der Waals surface area contributed by atoms with Crippen molar-refractivity contribution in [2.75, 3.05) is 21.1 Å². The smallest absolute Gasteiger partial charge is 0.270 e. The molecule has 0 aliphatic rings. The van der Waals surface area contributed by atoms with Gasteiger partial charge in [0.15, 0.2) is 5.43 Å². The summed E-state index contributed by atoms with van der Waals surface area (Å²) in [5, 5.41) is 6.34. The topological polar surface area (TPSA) is 83.4 Å². The van der Waals surface area contributed by atoms with Crippen molar-refractivity contribution in [3.05, 3.63) is 99.5 Å². The lowest BCUT2D eigenvalue weighted by molar-refractivity contribution is -0.117. The number of carbonyl (C=O) groups is 2. The predicted molar refractivity (Wildman–Crippen MR) is 132 cm³/mol. The number of nitrogens with zero attached hydrogens (tertiary/aromatic N) is 2. The third-order valence-corrected chi connectivity index (χ3v) is 5.29. The minimum Gasteiger partial charge on any atom is -0.393 e. The molecule has 8 heteroatoms. The van der Waals surface area contributed by atoms with E-state index in [0.717, 1.165) is 0 Å². The van der Waals surface area contributed by atoms with Crippen molar-refractivity contribution in [3.8, 4) is 5.69 Å². The molecule has 0 fully saturated rings. The standard InChI is InChI=1S/C25H25ClN4O3/c1-5-16(14-27-2)24(32)28-15-20-22(25(33)29(3)4)30(18-9-7-6-8-10-18)21-13-17(26)11-12-19(21)23(20)31/h5-14,27H,1,15H2,2-4H3,(H,28,32)/b16-14+. The van der Waals surface area contributed by atoms with Crippen molar-refractivity contribution in [3.63, 3.8) is 0 Å². The fourth-order valence-corrected chi connectivity index (χ4v) is 3.66. The highest BCUT2D eigenvalue weighted by Crippen LogP contribution is 2.25. The highest BCUT2D eigenvalue weighted by Gasteiger charge is 2.25. The van der Waals surface area contributed by atoms with E-state index < -0.39 is 5.91 Å². The molecule has 3 aromatic rings. The minimum absolute atomic E-state index is 0.146. The van der Waals surface area contributed by atoms with Gasteiger partial charge in [-0.2, -0.15) is 0 Å². The lowest BCUT2D eigenvalue weighted by Gasteiger charge is -2.22. The predicted octanol–water partition coefficient (Wildman–Crippen LogP) is 3.25. The molecule has 2 N–H and O–H groups in total. The van der Waals surface area contributed by atoms with Crippen LogP contribution in [-0.2, 0) is 11.3 Å². The van der Waals surface area contributed by atoms with Crippen LogP contribution in [0.5, 0.6) is 0 Å². The summed E-state index contributed by atoms with van der Waals surface area (Å²) in [5.74, 6) is -0.804. The van der Waals surface area contributed by atoms with E-state index in [1.807, 2.05) is 30.3 Å². The third-order valence-electron chi connectivity index (χ3n) is 5.06. The van der Waals surface area contributed by atoms with Gasteiger partial charge in [-0.3, -0.25) is 14.4 Å². The normalized spacial score (nSPS) is 11.2. The number of hydrogen-bond donors (Lipinski definition) is 2. The third kappa shape index (κ3) is 4.83. The number of rotatable bonds is 7. The first-order chi connectivity index (χ1) is 15.8. The summed E-state index contributed by atoms with van der Waals surface area (Å²) in [7, 11) is 4.88. The Hall–Kier alpha value is -3.84. The monoisotopic (exact) mass is 464 g/mol. The van der Waals surface area contributed by atoms with E-state index in [0.29, 0.717) is 27.2 Å². The lowest BCUT2D eigenvalue weighted by Crippen LogP contribution is -2.34. The Balaban J connectivity index is 2.33. The van der Waals surface area contributed by atoms with Gasteiger partial charge in [0.2, 0.25) is 0 Å². The van der Waals surface area contributed by atoms with Crippen molar-refractivity contribution >= 4 is 34.3 Å². The van der Waals surface area contributed by atoms with Crippen molar-refractivity contribution in [1.29, 1.82) is 0 Å². The average Bonchev–Trinajstić information content (AvgIpc) is 2.81. The molecule has 33 heavy (non-hydrogen) atoms. The van der Waals surface area contributed by atoms with Gasteiger partial charge in [-0.1, -0.05) is 42.5 Å². The SMILES string of the molecule is C=C/C(=C\NC)C(=O)NCc1c(C(=O)N(C)C)n(-c2ccccc2)c2cc(Cl)ccc2c1=O. The Labute approximate surface area is 197 Å².